The van der Waals surface area contributed by atoms with Crippen molar-refractivity contribution in [2.75, 3.05) is 30.6 Å². The molecule has 1 fully saturated rings. The monoisotopic (exact) mass is 512 g/mol. The summed E-state index contributed by atoms with van der Waals surface area (Å²) in [4.78, 5) is 35.5. The van der Waals surface area contributed by atoms with Crippen LogP contribution in [0.4, 0.5) is 11.4 Å². The van der Waals surface area contributed by atoms with E-state index in [0.717, 1.165) is 22.5 Å². The fourth-order valence-corrected chi connectivity index (χ4v) is 5.22. The summed E-state index contributed by atoms with van der Waals surface area (Å²) < 4.78 is 12.9. The average Bonchev–Trinajstić information content (AvgIpc) is 3.49. The SMILES string of the molecule is COc1ccc(OC)c(N2CC(c3nc4ccccc4n3CC(=O)N(c3ccccc3)C(C)C)CC2=O)c1. The van der Waals surface area contributed by atoms with Gasteiger partial charge < -0.3 is 23.8 Å². The number of carbonyl (C=O) groups is 2. The van der Waals surface area contributed by atoms with Crippen molar-refractivity contribution in [3.05, 3.63) is 78.6 Å². The van der Waals surface area contributed by atoms with E-state index in [1.54, 1.807) is 31.3 Å². The number of aromatic nitrogens is 2. The van der Waals surface area contributed by atoms with E-state index in [1.165, 1.54) is 0 Å². The Kier molecular flexibility index (Phi) is 7.05. The van der Waals surface area contributed by atoms with Gasteiger partial charge in [-0.25, -0.2) is 4.98 Å². The van der Waals surface area contributed by atoms with Gasteiger partial charge in [0.15, 0.2) is 0 Å². The Bertz CT molecular complexity index is 1460. The highest BCUT2D eigenvalue weighted by Gasteiger charge is 2.37. The number of benzene rings is 3. The first-order valence-electron chi connectivity index (χ1n) is 12.8. The van der Waals surface area contributed by atoms with Crippen molar-refractivity contribution in [3.8, 4) is 11.5 Å². The summed E-state index contributed by atoms with van der Waals surface area (Å²) in [5, 5.41) is 0. The highest BCUT2D eigenvalue weighted by Crippen LogP contribution is 2.39. The van der Waals surface area contributed by atoms with Gasteiger partial charge in [0.05, 0.1) is 30.9 Å². The Morgan fingerprint density at radius 1 is 1.03 bits per heavy atom. The van der Waals surface area contributed by atoms with Crippen molar-refractivity contribution >= 4 is 34.2 Å². The molecule has 0 saturated carbocycles. The molecule has 8 heteroatoms. The molecule has 1 aliphatic rings. The Balaban J connectivity index is 1.50. The van der Waals surface area contributed by atoms with Crippen LogP contribution < -0.4 is 19.3 Å². The zero-order chi connectivity index (χ0) is 26.8. The molecule has 0 radical (unpaired) electrons. The molecule has 2 amide bonds. The summed E-state index contributed by atoms with van der Waals surface area (Å²) in [6.45, 7) is 4.56. The number of nitrogens with zero attached hydrogens (tertiary/aromatic N) is 4. The number of anilines is 2. The maximum atomic E-state index is 13.7. The summed E-state index contributed by atoms with van der Waals surface area (Å²) in [6, 6.07) is 22.9. The lowest BCUT2D eigenvalue weighted by molar-refractivity contribution is -0.119. The number of imidazole rings is 1. The molecular formula is C30H32N4O4. The third-order valence-corrected chi connectivity index (χ3v) is 6.96. The number of fused-ring (bicyclic) bond motifs is 1. The number of amides is 2. The lowest BCUT2D eigenvalue weighted by atomic mass is 10.1. The molecular weight excluding hydrogens is 480 g/mol. The molecule has 5 rings (SSSR count). The van der Waals surface area contributed by atoms with Gasteiger partial charge in [-0.1, -0.05) is 30.3 Å². The van der Waals surface area contributed by atoms with Gasteiger partial charge in [0.25, 0.3) is 0 Å². The zero-order valence-corrected chi connectivity index (χ0v) is 22.1. The number of ether oxygens (including phenoxy) is 2. The molecule has 3 aromatic carbocycles. The first kappa shape index (κ1) is 25.3. The normalized spacial score (nSPS) is 15.3. The van der Waals surface area contributed by atoms with Crippen molar-refractivity contribution in [3.63, 3.8) is 0 Å². The second-order valence-electron chi connectivity index (χ2n) is 9.68. The van der Waals surface area contributed by atoms with Gasteiger partial charge in [-0.3, -0.25) is 9.59 Å². The lowest BCUT2D eigenvalue weighted by Crippen LogP contribution is -2.39. The topological polar surface area (TPSA) is 76.9 Å². The number of carbonyl (C=O) groups excluding carboxylic acids is 2. The summed E-state index contributed by atoms with van der Waals surface area (Å²) in [6.07, 6.45) is 0.282. The molecule has 0 aliphatic carbocycles. The van der Waals surface area contributed by atoms with Gasteiger partial charge in [-0.2, -0.15) is 0 Å². The third-order valence-electron chi connectivity index (χ3n) is 6.96. The van der Waals surface area contributed by atoms with E-state index < -0.39 is 0 Å². The minimum absolute atomic E-state index is 0.0211. The van der Waals surface area contributed by atoms with E-state index in [9.17, 15) is 9.59 Å². The van der Waals surface area contributed by atoms with Gasteiger partial charge in [0.2, 0.25) is 11.8 Å². The van der Waals surface area contributed by atoms with E-state index in [-0.39, 0.29) is 36.7 Å². The van der Waals surface area contributed by atoms with Crippen molar-refractivity contribution in [2.24, 2.45) is 0 Å². The summed E-state index contributed by atoms with van der Waals surface area (Å²) in [5.41, 5.74) is 3.19. The molecule has 0 bridgehead atoms. The van der Waals surface area contributed by atoms with Crippen LogP contribution in [0.1, 0.15) is 32.0 Å². The highest BCUT2D eigenvalue weighted by molar-refractivity contribution is 5.98. The first-order chi connectivity index (χ1) is 18.4. The molecule has 1 unspecified atom stereocenters. The second-order valence-corrected chi connectivity index (χ2v) is 9.68. The van der Waals surface area contributed by atoms with Crippen LogP contribution in [0.3, 0.4) is 0 Å². The Labute approximate surface area is 222 Å². The lowest BCUT2D eigenvalue weighted by Gasteiger charge is -2.28. The summed E-state index contributed by atoms with van der Waals surface area (Å²) >= 11 is 0. The van der Waals surface area contributed by atoms with Crippen LogP contribution in [0.15, 0.2) is 72.8 Å². The molecule has 38 heavy (non-hydrogen) atoms. The molecule has 4 aromatic rings. The Hall–Kier alpha value is -4.33. The zero-order valence-electron chi connectivity index (χ0n) is 22.1. The van der Waals surface area contributed by atoms with Gasteiger partial charge >= 0.3 is 0 Å². The number of hydrogen-bond donors (Lipinski definition) is 0. The van der Waals surface area contributed by atoms with Gasteiger partial charge in [-0.05, 0) is 50.2 Å². The Morgan fingerprint density at radius 2 is 1.76 bits per heavy atom. The van der Waals surface area contributed by atoms with E-state index in [0.29, 0.717) is 23.7 Å². The minimum Gasteiger partial charge on any atom is -0.497 e. The number of methoxy groups -OCH3 is 2. The van der Waals surface area contributed by atoms with Crippen molar-refractivity contribution in [2.45, 2.75) is 38.8 Å². The smallest absolute Gasteiger partial charge is 0.247 e. The van der Waals surface area contributed by atoms with E-state index in [1.807, 2.05) is 84.0 Å². The second kappa shape index (κ2) is 10.6. The molecule has 8 nitrogen and oxygen atoms in total. The van der Waals surface area contributed by atoms with E-state index in [2.05, 4.69) is 0 Å². The number of hydrogen-bond acceptors (Lipinski definition) is 5. The first-order valence-corrected chi connectivity index (χ1v) is 12.8. The molecule has 1 aliphatic heterocycles. The predicted octanol–water partition coefficient (Wildman–Crippen LogP) is 5.02. The van der Waals surface area contributed by atoms with Crippen LogP contribution in [0, 0.1) is 0 Å². The molecule has 0 spiro atoms. The Morgan fingerprint density at radius 3 is 2.47 bits per heavy atom. The van der Waals surface area contributed by atoms with Crippen LogP contribution in [-0.2, 0) is 16.1 Å². The fraction of sp³-hybridized carbons (Fsp3) is 0.300. The van der Waals surface area contributed by atoms with E-state index in [4.69, 9.17) is 14.5 Å². The quantitative estimate of drug-likeness (QED) is 0.332. The van der Waals surface area contributed by atoms with E-state index >= 15 is 0 Å². The summed E-state index contributed by atoms with van der Waals surface area (Å²) in [7, 11) is 3.18. The van der Waals surface area contributed by atoms with Crippen molar-refractivity contribution < 1.29 is 19.1 Å². The van der Waals surface area contributed by atoms with Crippen molar-refractivity contribution in [1.29, 1.82) is 0 Å². The van der Waals surface area contributed by atoms with Crippen LogP contribution in [0.25, 0.3) is 11.0 Å². The van der Waals surface area contributed by atoms with Crippen LogP contribution in [0.5, 0.6) is 11.5 Å². The van der Waals surface area contributed by atoms with Gasteiger partial charge in [-0.15, -0.1) is 0 Å². The largest absolute Gasteiger partial charge is 0.497 e. The maximum absolute atomic E-state index is 13.7. The molecule has 0 N–H and O–H groups in total. The third kappa shape index (κ3) is 4.69. The predicted molar refractivity (Wildman–Crippen MR) is 148 cm³/mol. The minimum atomic E-state index is -0.192. The summed E-state index contributed by atoms with van der Waals surface area (Å²) in [5.74, 6) is 1.71. The van der Waals surface area contributed by atoms with Gasteiger partial charge in [0, 0.05) is 36.7 Å². The number of para-hydroxylation sites is 3. The number of rotatable bonds is 8. The fourth-order valence-electron chi connectivity index (χ4n) is 5.22. The van der Waals surface area contributed by atoms with Crippen LogP contribution in [0.2, 0.25) is 0 Å². The molecule has 2 heterocycles. The molecule has 1 saturated heterocycles. The maximum Gasteiger partial charge on any atom is 0.247 e. The molecule has 1 aromatic heterocycles. The standard InChI is InChI=1S/C30H32N4O4/c1-20(2)34(22-10-6-5-7-11-22)29(36)19-33-25-13-9-8-12-24(25)31-30(33)21-16-28(35)32(18-21)26-17-23(37-3)14-15-27(26)38-4/h5-15,17,20-21H,16,18-19H2,1-4H3. The van der Waals surface area contributed by atoms with Crippen LogP contribution in [-0.4, -0.2) is 48.2 Å². The molecule has 196 valence electrons. The van der Waals surface area contributed by atoms with Crippen molar-refractivity contribution in [1.82, 2.24) is 9.55 Å². The van der Waals surface area contributed by atoms with Crippen LogP contribution >= 0.6 is 0 Å². The highest BCUT2D eigenvalue weighted by atomic mass is 16.5. The molecule has 1 atom stereocenters. The average molecular weight is 513 g/mol. The van der Waals surface area contributed by atoms with Gasteiger partial charge in [0.1, 0.15) is 23.9 Å².